The lowest BCUT2D eigenvalue weighted by Crippen LogP contribution is -2.56. The van der Waals surface area contributed by atoms with E-state index in [2.05, 4.69) is 40.4 Å². The van der Waals surface area contributed by atoms with Gasteiger partial charge >= 0.3 is 6.03 Å². The molecule has 176 valence electrons. The number of pyridine rings is 1. The van der Waals surface area contributed by atoms with E-state index < -0.39 is 5.54 Å². The van der Waals surface area contributed by atoms with Crippen molar-refractivity contribution in [1.29, 1.82) is 0 Å². The van der Waals surface area contributed by atoms with Crippen molar-refractivity contribution in [2.45, 2.75) is 42.8 Å². The van der Waals surface area contributed by atoms with Gasteiger partial charge in [0.2, 0.25) is 0 Å². The molecule has 0 bridgehead atoms. The van der Waals surface area contributed by atoms with E-state index in [1.54, 1.807) is 25.1 Å². The van der Waals surface area contributed by atoms with Gasteiger partial charge in [-0.05, 0) is 55.3 Å². The van der Waals surface area contributed by atoms with Gasteiger partial charge in [-0.15, -0.1) is 11.8 Å². The molecular formula is C25H32N4O3S. The maximum Gasteiger partial charge on any atom is 0.328 e. The minimum atomic E-state index is -0.765. The molecule has 0 N–H and O–H groups in total. The van der Waals surface area contributed by atoms with Crippen molar-refractivity contribution >= 4 is 23.7 Å². The van der Waals surface area contributed by atoms with Crippen LogP contribution in [-0.2, 0) is 22.6 Å². The predicted octanol–water partition coefficient (Wildman–Crippen LogP) is 3.64. The van der Waals surface area contributed by atoms with Crippen LogP contribution in [0.25, 0.3) is 0 Å². The lowest BCUT2D eigenvalue weighted by Gasteiger charge is -2.42. The number of ether oxygens (including phenoxy) is 1. The van der Waals surface area contributed by atoms with Crippen LogP contribution in [0.15, 0.2) is 53.6 Å². The number of urea groups is 1. The molecule has 33 heavy (non-hydrogen) atoms. The first-order valence-corrected chi connectivity index (χ1v) is 12.7. The molecule has 3 amide bonds. The number of amides is 3. The number of piperidine rings is 1. The molecule has 0 saturated carbocycles. The van der Waals surface area contributed by atoms with Crippen molar-refractivity contribution in [2.75, 3.05) is 39.6 Å². The maximum atomic E-state index is 13.7. The van der Waals surface area contributed by atoms with Crippen molar-refractivity contribution in [1.82, 2.24) is 19.7 Å². The van der Waals surface area contributed by atoms with Gasteiger partial charge in [-0.25, -0.2) is 4.79 Å². The van der Waals surface area contributed by atoms with Crippen molar-refractivity contribution in [3.05, 3.63) is 59.9 Å². The SMILES string of the molecule is COCCCN1C(=O)N(Cc2ccccn2)C(=O)C12CCN(Cc1ccc(SC)cc1)CC2. The highest BCUT2D eigenvalue weighted by Crippen LogP contribution is 2.38. The van der Waals surface area contributed by atoms with Gasteiger partial charge in [-0.2, -0.15) is 0 Å². The Labute approximate surface area is 200 Å². The number of carbonyl (C=O) groups excluding carboxylic acids is 2. The number of nitrogens with zero attached hydrogens (tertiary/aromatic N) is 4. The van der Waals surface area contributed by atoms with Crippen LogP contribution < -0.4 is 0 Å². The zero-order valence-corrected chi connectivity index (χ0v) is 20.2. The lowest BCUT2D eigenvalue weighted by molar-refractivity contribution is -0.136. The fourth-order valence-corrected chi connectivity index (χ4v) is 5.21. The minimum absolute atomic E-state index is 0.0838. The average molecular weight is 469 g/mol. The highest BCUT2D eigenvalue weighted by atomic mass is 32.2. The Bertz CT molecular complexity index is 946. The number of methoxy groups -OCH3 is 1. The van der Waals surface area contributed by atoms with Gasteiger partial charge in [0, 0.05) is 51.0 Å². The quantitative estimate of drug-likeness (QED) is 0.318. The molecule has 8 heteroatoms. The Hall–Kier alpha value is -2.42. The maximum absolute atomic E-state index is 13.7. The summed E-state index contributed by atoms with van der Waals surface area (Å²) in [5, 5.41) is 0. The summed E-state index contributed by atoms with van der Waals surface area (Å²) in [7, 11) is 1.66. The lowest BCUT2D eigenvalue weighted by atomic mass is 9.85. The molecule has 4 rings (SSSR count). The van der Waals surface area contributed by atoms with Crippen molar-refractivity contribution in [3.63, 3.8) is 0 Å². The molecule has 0 atom stereocenters. The van der Waals surface area contributed by atoms with Gasteiger partial charge in [0.15, 0.2) is 0 Å². The molecule has 0 radical (unpaired) electrons. The first-order chi connectivity index (χ1) is 16.1. The molecule has 2 aliphatic rings. The molecule has 0 aliphatic carbocycles. The van der Waals surface area contributed by atoms with Gasteiger partial charge < -0.3 is 9.64 Å². The van der Waals surface area contributed by atoms with E-state index in [0.29, 0.717) is 32.4 Å². The number of imide groups is 1. The average Bonchev–Trinajstić information content (AvgIpc) is 3.03. The van der Waals surface area contributed by atoms with Crippen LogP contribution in [0.4, 0.5) is 4.79 Å². The number of hydrogen-bond donors (Lipinski definition) is 0. The van der Waals surface area contributed by atoms with Crippen molar-refractivity contribution in [3.8, 4) is 0 Å². The third kappa shape index (κ3) is 5.08. The topological polar surface area (TPSA) is 66.0 Å². The Morgan fingerprint density at radius 2 is 1.82 bits per heavy atom. The molecule has 2 aromatic rings. The number of carbonyl (C=O) groups is 2. The summed E-state index contributed by atoms with van der Waals surface area (Å²) >= 11 is 1.74. The Morgan fingerprint density at radius 3 is 2.45 bits per heavy atom. The third-order valence-electron chi connectivity index (χ3n) is 6.65. The molecule has 1 aromatic heterocycles. The largest absolute Gasteiger partial charge is 0.385 e. The monoisotopic (exact) mass is 468 g/mol. The zero-order chi connectivity index (χ0) is 23.3. The Balaban J connectivity index is 1.48. The summed E-state index contributed by atoms with van der Waals surface area (Å²) in [6.45, 7) is 3.71. The first kappa shape index (κ1) is 23.7. The molecular weight excluding hydrogens is 436 g/mol. The van der Waals surface area contributed by atoms with Crippen molar-refractivity contribution < 1.29 is 14.3 Å². The standard InChI is InChI=1S/C25H32N4O3S/c1-32-17-5-14-29-24(31)28(19-21-6-3-4-13-26-21)23(30)25(29)11-15-27(16-12-25)18-20-7-9-22(33-2)10-8-20/h3-4,6-10,13H,5,11-12,14-19H2,1-2H3. The molecule has 2 saturated heterocycles. The second kappa shape index (κ2) is 10.7. The van der Waals surface area contributed by atoms with E-state index in [-0.39, 0.29) is 18.5 Å². The van der Waals surface area contributed by atoms with Crippen LogP contribution >= 0.6 is 11.8 Å². The predicted molar refractivity (Wildman–Crippen MR) is 129 cm³/mol. The molecule has 2 fully saturated rings. The third-order valence-corrected chi connectivity index (χ3v) is 7.39. The molecule has 2 aliphatic heterocycles. The summed E-state index contributed by atoms with van der Waals surface area (Å²) in [6.07, 6.45) is 5.77. The summed E-state index contributed by atoms with van der Waals surface area (Å²) in [5.41, 5.74) is 1.23. The van der Waals surface area contributed by atoms with Gasteiger partial charge in [0.1, 0.15) is 5.54 Å². The van der Waals surface area contributed by atoms with E-state index >= 15 is 0 Å². The summed E-state index contributed by atoms with van der Waals surface area (Å²) in [5.74, 6) is -0.0838. The molecule has 0 unspecified atom stereocenters. The number of aromatic nitrogens is 1. The van der Waals surface area contributed by atoms with E-state index in [1.165, 1.54) is 15.4 Å². The Morgan fingerprint density at radius 1 is 1.06 bits per heavy atom. The minimum Gasteiger partial charge on any atom is -0.385 e. The van der Waals surface area contributed by atoms with Crippen LogP contribution in [0.2, 0.25) is 0 Å². The fourth-order valence-electron chi connectivity index (χ4n) is 4.81. The highest BCUT2D eigenvalue weighted by molar-refractivity contribution is 7.98. The van der Waals surface area contributed by atoms with E-state index in [4.69, 9.17) is 4.74 Å². The summed E-state index contributed by atoms with van der Waals surface area (Å²) < 4.78 is 5.21. The highest BCUT2D eigenvalue weighted by Gasteiger charge is 2.57. The normalized spacial score (nSPS) is 18.5. The van der Waals surface area contributed by atoms with E-state index in [9.17, 15) is 9.59 Å². The first-order valence-electron chi connectivity index (χ1n) is 11.4. The fraction of sp³-hybridized carbons (Fsp3) is 0.480. The molecule has 1 aromatic carbocycles. The van der Waals surface area contributed by atoms with Crippen LogP contribution in [0.5, 0.6) is 0 Å². The Kier molecular flexibility index (Phi) is 7.67. The van der Waals surface area contributed by atoms with Gasteiger partial charge in [-0.1, -0.05) is 18.2 Å². The second-order valence-corrected chi connectivity index (χ2v) is 9.53. The van der Waals surface area contributed by atoms with E-state index in [0.717, 1.165) is 25.3 Å². The number of thioether (sulfide) groups is 1. The van der Waals surface area contributed by atoms with Crippen LogP contribution in [-0.4, -0.2) is 76.8 Å². The smallest absolute Gasteiger partial charge is 0.328 e. The number of hydrogen-bond acceptors (Lipinski definition) is 6. The van der Waals surface area contributed by atoms with Gasteiger partial charge in [0.25, 0.3) is 5.91 Å². The summed E-state index contributed by atoms with van der Waals surface area (Å²) in [4.78, 5) is 38.2. The zero-order valence-electron chi connectivity index (χ0n) is 19.4. The van der Waals surface area contributed by atoms with E-state index in [1.807, 2.05) is 23.1 Å². The van der Waals surface area contributed by atoms with Crippen LogP contribution in [0, 0.1) is 0 Å². The second-order valence-electron chi connectivity index (χ2n) is 8.65. The number of likely N-dealkylation sites (tertiary alicyclic amines) is 1. The van der Waals surface area contributed by atoms with Gasteiger partial charge in [-0.3, -0.25) is 19.6 Å². The molecule has 3 heterocycles. The number of rotatable bonds is 9. The molecule has 7 nitrogen and oxygen atoms in total. The van der Waals surface area contributed by atoms with Gasteiger partial charge in [0.05, 0.1) is 12.2 Å². The van der Waals surface area contributed by atoms with Crippen molar-refractivity contribution in [2.24, 2.45) is 0 Å². The number of benzene rings is 1. The molecule has 1 spiro atoms. The van der Waals surface area contributed by atoms with Crippen LogP contribution in [0.3, 0.4) is 0 Å². The van der Waals surface area contributed by atoms with Crippen LogP contribution in [0.1, 0.15) is 30.5 Å². The summed E-state index contributed by atoms with van der Waals surface area (Å²) in [6, 6.07) is 14.0.